The van der Waals surface area contributed by atoms with Crippen molar-refractivity contribution in [3.8, 4) is 0 Å². The molecule has 0 unspecified atom stereocenters. The van der Waals surface area contributed by atoms with Crippen molar-refractivity contribution in [3.63, 3.8) is 0 Å². The summed E-state index contributed by atoms with van der Waals surface area (Å²) in [5.74, 6) is 0.977. The topological polar surface area (TPSA) is 64.2 Å². The number of carbonyl (C=O) groups is 3. The maximum absolute atomic E-state index is 12.5. The Bertz CT molecular complexity index is 516. The van der Waals surface area contributed by atoms with Crippen molar-refractivity contribution in [2.75, 3.05) is 59.9 Å². The number of hydrogen-bond acceptors (Lipinski definition) is 4. The highest BCUT2D eigenvalue weighted by molar-refractivity contribution is 5.82. The lowest BCUT2D eigenvalue weighted by molar-refractivity contribution is -0.141. The fourth-order valence-corrected chi connectivity index (χ4v) is 3.76. The molecule has 3 aliphatic rings. The van der Waals surface area contributed by atoms with Crippen LogP contribution in [0.25, 0.3) is 0 Å². The van der Waals surface area contributed by atoms with Gasteiger partial charge in [-0.1, -0.05) is 0 Å². The number of hydrogen-bond donors (Lipinski definition) is 0. The van der Waals surface area contributed by atoms with Gasteiger partial charge in [-0.3, -0.25) is 19.3 Å². The summed E-state index contributed by atoms with van der Waals surface area (Å²) in [5, 5.41) is 0. The fourth-order valence-electron chi connectivity index (χ4n) is 3.76. The Morgan fingerprint density at radius 2 is 1.36 bits per heavy atom. The molecule has 0 aromatic carbocycles. The van der Waals surface area contributed by atoms with Crippen LogP contribution in [0.4, 0.5) is 0 Å². The van der Waals surface area contributed by atoms with Gasteiger partial charge in [-0.25, -0.2) is 0 Å². The van der Waals surface area contributed by atoms with Crippen molar-refractivity contribution in [2.24, 2.45) is 11.8 Å². The van der Waals surface area contributed by atoms with Crippen LogP contribution >= 0.6 is 0 Å². The molecule has 1 saturated carbocycles. The van der Waals surface area contributed by atoms with Crippen molar-refractivity contribution in [1.82, 2.24) is 19.6 Å². The molecule has 0 N–H and O–H groups in total. The molecule has 0 radical (unpaired) electrons. The summed E-state index contributed by atoms with van der Waals surface area (Å²) in [7, 11) is 3.59. The smallest absolute Gasteiger partial charge is 0.236 e. The molecule has 2 saturated heterocycles. The Kier molecular flexibility index (Phi) is 5.61. The molecule has 3 fully saturated rings. The van der Waals surface area contributed by atoms with Crippen LogP contribution in [0.2, 0.25) is 0 Å². The van der Waals surface area contributed by atoms with Crippen molar-refractivity contribution >= 4 is 17.7 Å². The van der Waals surface area contributed by atoms with E-state index in [0.717, 1.165) is 38.8 Å². The summed E-state index contributed by atoms with van der Waals surface area (Å²) in [5.41, 5.74) is 0. The van der Waals surface area contributed by atoms with Crippen molar-refractivity contribution in [2.45, 2.75) is 25.7 Å². The lowest BCUT2D eigenvalue weighted by Crippen LogP contribution is -2.53. The molecule has 7 nitrogen and oxygen atoms in total. The monoisotopic (exact) mass is 350 g/mol. The van der Waals surface area contributed by atoms with Crippen molar-refractivity contribution in [1.29, 1.82) is 0 Å². The van der Waals surface area contributed by atoms with Crippen LogP contribution in [-0.4, -0.2) is 97.2 Å². The predicted octanol–water partition coefficient (Wildman–Crippen LogP) is -0.133. The van der Waals surface area contributed by atoms with Gasteiger partial charge in [0.2, 0.25) is 17.7 Å². The van der Waals surface area contributed by atoms with Gasteiger partial charge in [0.05, 0.1) is 6.54 Å². The van der Waals surface area contributed by atoms with E-state index in [0.29, 0.717) is 32.7 Å². The normalized spacial score (nSPS) is 22.8. The Balaban J connectivity index is 1.38. The predicted molar refractivity (Wildman–Crippen MR) is 93.7 cm³/mol. The Hall–Kier alpha value is -1.63. The van der Waals surface area contributed by atoms with Crippen LogP contribution in [0.1, 0.15) is 25.7 Å². The molecule has 2 aliphatic heterocycles. The van der Waals surface area contributed by atoms with Crippen LogP contribution < -0.4 is 0 Å². The highest BCUT2D eigenvalue weighted by Gasteiger charge is 2.35. The highest BCUT2D eigenvalue weighted by atomic mass is 16.2. The SMILES string of the molecule is CN(C)C(=O)C1CCN(CC(=O)N2CCN(C(=O)C3CC3)CC2)CC1. The summed E-state index contributed by atoms with van der Waals surface area (Å²) < 4.78 is 0. The zero-order chi connectivity index (χ0) is 18.0. The van der Waals surface area contributed by atoms with Gasteiger partial charge in [0.15, 0.2) is 0 Å². The molecule has 0 spiro atoms. The molecular formula is C18H30N4O3. The van der Waals surface area contributed by atoms with E-state index in [1.54, 1.807) is 19.0 Å². The lowest BCUT2D eigenvalue weighted by Gasteiger charge is -2.37. The van der Waals surface area contributed by atoms with Gasteiger partial charge in [0, 0.05) is 52.1 Å². The van der Waals surface area contributed by atoms with Gasteiger partial charge in [0.25, 0.3) is 0 Å². The molecule has 0 bridgehead atoms. The molecule has 3 amide bonds. The van der Waals surface area contributed by atoms with Crippen LogP contribution in [0, 0.1) is 11.8 Å². The number of nitrogens with zero attached hydrogens (tertiary/aromatic N) is 4. The van der Waals surface area contributed by atoms with Crippen LogP contribution in [0.5, 0.6) is 0 Å². The fraction of sp³-hybridized carbons (Fsp3) is 0.833. The van der Waals surface area contributed by atoms with E-state index in [1.165, 1.54) is 0 Å². The molecule has 1 aliphatic carbocycles. The van der Waals surface area contributed by atoms with Crippen molar-refractivity contribution in [3.05, 3.63) is 0 Å². The van der Waals surface area contributed by atoms with E-state index in [9.17, 15) is 14.4 Å². The minimum Gasteiger partial charge on any atom is -0.349 e. The summed E-state index contributed by atoms with van der Waals surface area (Å²) in [6.45, 7) is 4.66. The number of likely N-dealkylation sites (tertiary alicyclic amines) is 1. The Labute approximate surface area is 149 Å². The molecule has 0 aromatic heterocycles. The average Bonchev–Trinajstić information content (AvgIpc) is 3.46. The summed E-state index contributed by atoms with van der Waals surface area (Å²) in [4.78, 5) is 44.2. The van der Waals surface area contributed by atoms with Gasteiger partial charge in [0.1, 0.15) is 0 Å². The van der Waals surface area contributed by atoms with Crippen LogP contribution in [0.3, 0.4) is 0 Å². The van der Waals surface area contributed by atoms with E-state index >= 15 is 0 Å². The molecule has 2 heterocycles. The lowest BCUT2D eigenvalue weighted by atomic mass is 9.95. The molecule has 3 rings (SSSR count). The first kappa shape index (κ1) is 18.2. The minimum atomic E-state index is 0.0957. The zero-order valence-corrected chi connectivity index (χ0v) is 15.4. The minimum absolute atomic E-state index is 0.0957. The maximum atomic E-state index is 12.5. The van der Waals surface area contributed by atoms with Crippen LogP contribution in [-0.2, 0) is 14.4 Å². The van der Waals surface area contributed by atoms with E-state index in [4.69, 9.17) is 0 Å². The van der Waals surface area contributed by atoms with Gasteiger partial charge in [-0.05, 0) is 38.8 Å². The van der Waals surface area contributed by atoms with E-state index < -0.39 is 0 Å². The third-order valence-corrected chi connectivity index (χ3v) is 5.61. The number of piperazine rings is 1. The van der Waals surface area contributed by atoms with Crippen molar-refractivity contribution < 1.29 is 14.4 Å². The first-order valence-corrected chi connectivity index (χ1v) is 9.46. The second-order valence-electron chi connectivity index (χ2n) is 7.76. The third kappa shape index (κ3) is 4.51. The molecule has 140 valence electrons. The maximum Gasteiger partial charge on any atom is 0.236 e. The van der Waals surface area contributed by atoms with Gasteiger partial charge in [-0.2, -0.15) is 0 Å². The van der Waals surface area contributed by atoms with E-state index in [2.05, 4.69) is 4.90 Å². The van der Waals surface area contributed by atoms with Gasteiger partial charge < -0.3 is 14.7 Å². The summed E-state index contributed by atoms with van der Waals surface area (Å²) in [6.07, 6.45) is 3.72. The standard InChI is InChI=1S/C18H30N4O3/c1-19(2)17(24)15-5-7-20(8-6-15)13-16(23)21-9-11-22(12-10-21)18(25)14-3-4-14/h14-15H,3-13H2,1-2H3. The summed E-state index contributed by atoms with van der Waals surface area (Å²) in [6, 6.07) is 0. The largest absolute Gasteiger partial charge is 0.349 e. The Morgan fingerprint density at radius 3 is 1.88 bits per heavy atom. The molecule has 0 atom stereocenters. The zero-order valence-electron chi connectivity index (χ0n) is 15.4. The second kappa shape index (κ2) is 7.72. The molecular weight excluding hydrogens is 320 g/mol. The number of rotatable bonds is 4. The third-order valence-electron chi connectivity index (χ3n) is 5.61. The molecule has 25 heavy (non-hydrogen) atoms. The average molecular weight is 350 g/mol. The molecule has 0 aromatic rings. The quantitative estimate of drug-likeness (QED) is 0.708. The second-order valence-corrected chi connectivity index (χ2v) is 7.76. The van der Waals surface area contributed by atoms with Gasteiger partial charge >= 0.3 is 0 Å². The highest BCUT2D eigenvalue weighted by Crippen LogP contribution is 2.31. The van der Waals surface area contributed by atoms with Gasteiger partial charge in [-0.15, -0.1) is 0 Å². The number of amides is 3. The number of piperidine rings is 1. The number of carbonyl (C=O) groups excluding carboxylic acids is 3. The van der Waals surface area contributed by atoms with Crippen LogP contribution in [0.15, 0.2) is 0 Å². The van der Waals surface area contributed by atoms with E-state index in [1.807, 2.05) is 9.80 Å². The van der Waals surface area contributed by atoms with E-state index in [-0.39, 0.29) is 29.6 Å². The first-order valence-electron chi connectivity index (χ1n) is 9.46. The molecule has 7 heteroatoms. The Morgan fingerprint density at radius 1 is 0.800 bits per heavy atom. The summed E-state index contributed by atoms with van der Waals surface area (Å²) >= 11 is 0. The first-order chi connectivity index (χ1) is 12.0.